The van der Waals surface area contributed by atoms with Crippen molar-refractivity contribution in [2.24, 2.45) is 5.92 Å². The Morgan fingerprint density at radius 2 is 1.85 bits per heavy atom. The topological polar surface area (TPSA) is 69.6 Å². The average Bonchev–Trinajstić information content (AvgIpc) is 2.38. The molecule has 1 unspecified atom stereocenters. The van der Waals surface area contributed by atoms with Gasteiger partial charge in [-0.3, -0.25) is 4.79 Å². The number of carbonyl (C=O) groups excluding carboxylic acids is 1. The van der Waals surface area contributed by atoms with Crippen molar-refractivity contribution < 1.29 is 14.7 Å². The lowest BCUT2D eigenvalue weighted by molar-refractivity contribution is -0.138. The highest BCUT2D eigenvalue weighted by Crippen LogP contribution is 2.14. The van der Waals surface area contributed by atoms with E-state index in [2.05, 4.69) is 5.32 Å². The Kier molecular flexibility index (Phi) is 6.03. The highest BCUT2D eigenvalue weighted by atomic mass is 16.4. The van der Waals surface area contributed by atoms with Gasteiger partial charge in [0.2, 0.25) is 0 Å². The van der Waals surface area contributed by atoms with E-state index in [0.29, 0.717) is 18.0 Å². The molecule has 2 amide bonds. The second-order valence-electron chi connectivity index (χ2n) is 5.26. The van der Waals surface area contributed by atoms with Gasteiger partial charge in [-0.2, -0.15) is 0 Å². The van der Waals surface area contributed by atoms with Gasteiger partial charge in [0.1, 0.15) is 0 Å². The third-order valence-electron chi connectivity index (χ3n) is 2.94. The minimum absolute atomic E-state index is 0.0839. The van der Waals surface area contributed by atoms with E-state index in [1.807, 2.05) is 19.9 Å². The maximum atomic E-state index is 11.9. The van der Waals surface area contributed by atoms with Gasteiger partial charge in [0.05, 0.1) is 5.92 Å². The van der Waals surface area contributed by atoms with Gasteiger partial charge in [-0.25, -0.2) is 4.79 Å². The summed E-state index contributed by atoms with van der Waals surface area (Å²) in [5.74, 6) is -1.30. The number of amides is 2. The minimum Gasteiger partial charge on any atom is -0.481 e. The first kappa shape index (κ1) is 16.0. The van der Waals surface area contributed by atoms with Gasteiger partial charge in [-0.15, -0.1) is 0 Å². The van der Waals surface area contributed by atoms with E-state index in [1.165, 1.54) is 0 Å². The zero-order chi connectivity index (χ0) is 15.1. The molecule has 1 rings (SSSR count). The first-order valence-electron chi connectivity index (χ1n) is 6.68. The Labute approximate surface area is 119 Å². The summed E-state index contributed by atoms with van der Waals surface area (Å²) in [7, 11) is 1.70. The monoisotopic (exact) mass is 278 g/mol. The van der Waals surface area contributed by atoms with Crippen LogP contribution in [0.3, 0.4) is 0 Å². The van der Waals surface area contributed by atoms with Gasteiger partial charge in [-0.05, 0) is 11.5 Å². The fourth-order valence-corrected chi connectivity index (χ4v) is 1.99. The summed E-state index contributed by atoms with van der Waals surface area (Å²) in [6.45, 7) is 4.76. The van der Waals surface area contributed by atoms with E-state index >= 15 is 0 Å². The van der Waals surface area contributed by atoms with Crippen LogP contribution < -0.4 is 5.32 Å². The van der Waals surface area contributed by atoms with E-state index in [-0.39, 0.29) is 12.6 Å². The largest absolute Gasteiger partial charge is 0.481 e. The molecule has 0 radical (unpaired) electrons. The number of rotatable bonds is 6. The number of hydrogen-bond acceptors (Lipinski definition) is 2. The molecule has 0 fully saturated rings. The number of carboxylic acid groups (broad SMARTS) is 1. The van der Waals surface area contributed by atoms with Crippen molar-refractivity contribution in [3.8, 4) is 0 Å². The Balaban J connectivity index is 2.61. The summed E-state index contributed by atoms with van der Waals surface area (Å²) in [6, 6.07) is 8.67. The van der Waals surface area contributed by atoms with E-state index in [1.54, 1.807) is 36.2 Å². The van der Waals surface area contributed by atoms with Crippen LogP contribution >= 0.6 is 0 Å². The lowest BCUT2D eigenvalue weighted by Gasteiger charge is -2.21. The van der Waals surface area contributed by atoms with E-state index in [0.717, 1.165) is 0 Å². The first-order valence-corrected chi connectivity index (χ1v) is 6.68. The van der Waals surface area contributed by atoms with E-state index in [9.17, 15) is 14.7 Å². The molecule has 2 N–H and O–H groups in total. The zero-order valence-electron chi connectivity index (χ0n) is 12.2. The second kappa shape index (κ2) is 7.53. The number of carboxylic acids is 1. The molecule has 0 aliphatic heterocycles. The molecule has 1 aromatic carbocycles. The number of nitrogens with zero attached hydrogens (tertiary/aromatic N) is 1. The van der Waals surface area contributed by atoms with Crippen molar-refractivity contribution in [2.75, 3.05) is 20.1 Å². The van der Waals surface area contributed by atoms with Crippen LogP contribution in [0.2, 0.25) is 0 Å². The Bertz CT molecular complexity index is 446. The van der Waals surface area contributed by atoms with E-state index < -0.39 is 11.9 Å². The van der Waals surface area contributed by atoms with Gasteiger partial charge in [0, 0.05) is 20.1 Å². The molecular weight excluding hydrogens is 256 g/mol. The molecular formula is C15H22N2O3. The molecule has 1 atom stereocenters. The third kappa shape index (κ3) is 4.91. The van der Waals surface area contributed by atoms with Crippen molar-refractivity contribution >= 4 is 12.0 Å². The Morgan fingerprint density at radius 3 is 2.35 bits per heavy atom. The lowest BCUT2D eigenvalue weighted by Crippen LogP contribution is -2.41. The fourth-order valence-electron chi connectivity index (χ4n) is 1.99. The third-order valence-corrected chi connectivity index (χ3v) is 2.94. The van der Waals surface area contributed by atoms with Crippen molar-refractivity contribution in [3.63, 3.8) is 0 Å². The molecule has 0 heterocycles. The molecule has 0 aliphatic carbocycles. The lowest BCUT2D eigenvalue weighted by atomic mass is 9.99. The van der Waals surface area contributed by atoms with Crippen molar-refractivity contribution in [1.82, 2.24) is 10.2 Å². The maximum absolute atomic E-state index is 11.9. The molecule has 20 heavy (non-hydrogen) atoms. The van der Waals surface area contributed by atoms with E-state index in [4.69, 9.17) is 0 Å². The number of benzene rings is 1. The minimum atomic E-state index is -0.942. The number of carbonyl (C=O) groups is 2. The number of nitrogens with one attached hydrogen (secondary N) is 1. The first-order chi connectivity index (χ1) is 9.41. The predicted octanol–water partition coefficient (Wildman–Crippen LogP) is 2.15. The standard InChI is InChI=1S/C15H22N2O3/c1-11(2)10-17(3)15(20)16-9-13(14(18)19)12-7-5-4-6-8-12/h4-8,11,13H,9-10H2,1-3H3,(H,16,20)(H,18,19). The van der Waals surface area contributed by atoms with Crippen molar-refractivity contribution in [1.29, 1.82) is 0 Å². The van der Waals surface area contributed by atoms with Gasteiger partial charge in [0.15, 0.2) is 0 Å². The molecule has 0 aromatic heterocycles. The maximum Gasteiger partial charge on any atom is 0.317 e. The SMILES string of the molecule is CC(C)CN(C)C(=O)NCC(C(=O)O)c1ccccc1. The molecule has 1 aromatic rings. The van der Waals surface area contributed by atoms with Gasteiger partial charge in [-0.1, -0.05) is 44.2 Å². The van der Waals surface area contributed by atoms with Crippen molar-refractivity contribution in [2.45, 2.75) is 19.8 Å². The quantitative estimate of drug-likeness (QED) is 0.837. The highest BCUT2D eigenvalue weighted by molar-refractivity contribution is 5.79. The molecule has 0 bridgehead atoms. The van der Waals surface area contributed by atoms with Gasteiger partial charge < -0.3 is 15.3 Å². The van der Waals surface area contributed by atoms with Crippen LogP contribution in [0.15, 0.2) is 30.3 Å². The summed E-state index contributed by atoms with van der Waals surface area (Å²) in [4.78, 5) is 24.7. The van der Waals surface area contributed by atoms with Crippen LogP contribution in [0.4, 0.5) is 4.79 Å². The van der Waals surface area contributed by atoms with Crippen LogP contribution in [0.1, 0.15) is 25.3 Å². The Hall–Kier alpha value is -2.04. The second-order valence-corrected chi connectivity index (χ2v) is 5.26. The highest BCUT2D eigenvalue weighted by Gasteiger charge is 2.21. The number of hydrogen-bond donors (Lipinski definition) is 2. The predicted molar refractivity (Wildman–Crippen MR) is 77.7 cm³/mol. The van der Waals surface area contributed by atoms with Crippen LogP contribution in [-0.2, 0) is 4.79 Å². The van der Waals surface area contributed by atoms with Crippen LogP contribution in [0.25, 0.3) is 0 Å². The van der Waals surface area contributed by atoms with Crippen LogP contribution in [0, 0.1) is 5.92 Å². The summed E-state index contributed by atoms with van der Waals surface area (Å²) in [5, 5.41) is 11.9. The summed E-state index contributed by atoms with van der Waals surface area (Å²) in [5.41, 5.74) is 0.687. The van der Waals surface area contributed by atoms with Crippen LogP contribution in [-0.4, -0.2) is 42.1 Å². The summed E-state index contributed by atoms with van der Waals surface area (Å²) < 4.78 is 0. The zero-order valence-corrected chi connectivity index (χ0v) is 12.2. The molecule has 0 saturated carbocycles. The summed E-state index contributed by atoms with van der Waals surface area (Å²) >= 11 is 0. The summed E-state index contributed by atoms with van der Waals surface area (Å²) in [6.07, 6.45) is 0. The van der Waals surface area contributed by atoms with Crippen LogP contribution in [0.5, 0.6) is 0 Å². The fraction of sp³-hybridized carbons (Fsp3) is 0.467. The van der Waals surface area contributed by atoms with Crippen molar-refractivity contribution in [3.05, 3.63) is 35.9 Å². The Morgan fingerprint density at radius 1 is 1.25 bits per heavy atom. The van der Waals surface area contributed by atoms with Gasteiger partial charge in [0.25, 0.3) is 0 Å². The molecule has 5 heteroatoms. The van der Waals surface area contributed by atoms with Gasteiger partial charge >= 0.3 is 12.0 Å². The normalized spacial score (nSPS) is 12.0. The molecule has 110 valence electrons. The molecule has 0 saturated heterocycles. The average molecular weight is 278 g/mol. The smallest absolute Gasteiger partial charge is 0.317 e. The molecule has 5 nitrogen and oxygen atoms in total. The molecule has 0 spiro atoms. The number of urea groups is 1. The molecule has 0 aliphatic rings. The number of aliphatic carboxylic acids is 1.